The van der Waals surface area contributed by atoms with Crippen LogP contribution >= 0.6 is 0 Å². The van der Waals surface area contributed by atoms with Gasteiger partial charge in [-0.2, -0.15) is 0 Å². The lowest BCUT2D eigenvalue weighted by molar-refractivity contribution is -0.128. The van der Waals surface area contributed by atoms with Crippen molar-refractivity contribution in [1.29, 1.82) is 0 Å². The molecule has 4 rings (SSSR count). The minimum atomic E-state index is -0.0752. The van der Waals surface area contributed by atoms with E-state index in [1.165, 1.54) is 0 Å². The molecule has 2 N–H and O–H groups in total. The molecule has 0 saturated heterocycles. The quantitative estimate of drug-likeness (QED) is 0.698. The first-order valence-corrected chi connectivity index (χ1v) is 10.0. The maximum Gasteiger partial charge on any atom is 0.227 e. The zero-order valence-electron chi connectivity index (χ0n) is 16.2. The second kappa shape index (κ2) is 8.82. The molecule has 1 fully saturated rings. The van der Waals surface area contributed by atoms with Crippen LogP contribution in [0.15, 0.2) is 60.9 Å². The number of nitrogens with one attached hydrogen (secondary N) is 2. The first-order chi connectivity index (χ1) is 14.2. The number of para-hydroxylation sites is 1. The molecule has 1 aliphatic rings. The Labute approximate surface area is 169 Å². The number of benzene rings is 1. The normalized spacial score (nSPS) is 18.9. The Bertz CT molecular complexity index is 993. The highest BCUT2D eigenvalue weighted by atomic mass is 16.2. The molecule has 1 saturated carbocycles. The fraction of sp³-hybridized carbons (Fsp3) is 0.304. The van der Waals surface area contributed by atoms with E-state index < -0.39 is 0 Å². The van der Waals surface area contributed by atoms with Crippen LogP contribution in [0.3, 0.4) is 0 Å². The van der Waals surface area contributed by atoms with Gasteiger partial charge in [0.05, 0.1) is 23.4 Å². The molecule has 1 aliphatic carbocycles. The number of carbonyl (C=O) groups excluding carboxylic acids is 2. The van der Waals surface area contributed by atoms with Crippen molar-refractivity contribution in [2.75, 3.05) is 5.32 Å². The Morgan fingerprint density at radius 2 is 1.55 bits per heavy atom. The lowest BCUT2D eigenvalue weighted by Crippen LogP contribution is -2.35. The van der Waals surface area contributed by atoms with Gasteiger partial charge < -0.3 is 10.6 Å². The SMILES string of the molecule is O=C(NCc1ccccn1)C1CCC(C(=O)Nc2cccc3cccnc23)CC1. The van der Waals surface area contributed by atoms with Gasteiger partial charge in [-0.05, 0) is 49.9 Å². The molecule has 0 spiro atoms. The first-order valence-electron chi connectivity index (χ1n) is 10.0. The lowest BCUT2D eigenvalue weighted by Gasteiger charge is -2.27. The Kier molecular flexibility index (Phi) is 5.79. The molecule has 2 amide bonds. The number of anilines is 1. The number of carbonyl (C=O) groups is 2. The average molecular weight is 388 g/mol. The molecule has 2 heterocycles. The van der Waals surface area contributed by atoms with Crippen molar-refractivity contribution in [3.05, 3.63) is 66.6 Å². The molecule has 0 atom stereocenters. The number of nitrogens with zero attached hydrogens (tertiary/aromatic N) is 2. The summed E-state index contributed by atoms with van der Waals surface area (Å²) in [4.78, 5) is 33.8. The third-order valence-electron chi connectivity index (χ3n) is 5.53. The fourth-order valence-corrected chi connectivity index (χ4v) is 3.88. The monoisotopic (exact) mass is 388 g/mol. The molecule has 148 valence electrons. The van der Waals surface area contributed by atoms with E-state index in [1.54, 1.807) is 12.4 Å². The number of pyridine rings is 2. The van der Waals surface area contributed by atoms with Gasteiger partial charge in [0.1, 0.15) is 0 Å². The van der Waals surface area contributed by atoms with Crippen LogP contribution in [0, 0.1) is 11.8 Å². The maximum absolute atomic E-state index is 12.8. The van der Waals surface area contributed by atoms with Crippen LogP contribution in [0.25, 0.3) is 10.9 Å². The van der Waals surface area contributed by atoms with Crippen LogP contribution in [0.2, 0.25) is 0 Å². The second-order valence-corrected chi connectivity index (χ2v) is 7.46. The van der Waals surface area contributed by atoms with E-state index in [-0.39, 0.29) is 23.7 Å². The van der Waals surface area contributed by atoms with Gasteiger partial charge in [0.25, 0.3) is 0 Å². The molecule has 1 aromatic carbocycles. The standard InChI is InChI=1S/C23H24N4O2/c28-22(26-15-19-7-1-2-13-24-19)17-9-11-18(12-10-17)23(29)27-20-8-3-5-16-6-4-14-25-21(16)20/h1-8,13-14,17-18H,9-12,15H2,(H,26,28)(H,27,29). The molecule has 0 bridgehead atoms. The lowest BCUT2D eigenvalue weighted by atomic mass is 9.81. The predicted molar refractivity (Wildman–Crippen MR) is 112 cm³/mol. The van der Waals surface area contributed by atoms with Crippen molar-refractivity contribution in [3.8, 4) is 0 Å². The van der Waals surface area contributed by atoms with Crippen LogP contribution in [0.5, 0.6) is 0 Å². The smallest absolute Gasteiger partial charge is 0.227 e. The van der Waals surface area contributed by atoms with Crippen molar-refractivity contribution in [2.45, 2.75) is 32.2 Å². The average Bonchev–Trinajstić information content (AvgIpc) is 2.78. The summed E-state index contributed by atoms with van der Waals surface area (Å²) >= 11 is 0. The van der Waals surface area contributed by atoms with Gasteiger partial charge in [-0.25, -0.2) is 0 Å². The van der Waals surface area contributed by atoms with E-state index in [4.69, 9.17) is 0 Å². The maximum atomic E-state index is 12.8. The predicted octanol–water partition coefficient (Wildman–Crippen LogP) is 3.69. The minimum absolute atomic E-state index is 0.00972. The molecular weight excluding hydrogens is 364 g/mol. The molecule has 3 aromatic rings. The fourth-order valence-electron chi connectivity index (χ4n) is 3.88. The zero-order chi connectivity index (χ0) is 20.1. The number of amides is 2. The number of rotatable bonds is 5. The summed E-state index contributed by atoms with van der Waals surface area (Å²) in [5.41, 5.74) is 2.38. The number of hydrogen-bond acceptors (Lipinski definition) is 4. The molecule has 0 radical (unpaired) electrons. The van der Waals surface area contributed by atoms with Crippen LogP contribution in [0.4, 0.5) is 5.69 Å². The van der Waals surface area contributed by atoms with Crippen LogP contribution in [-0.2, 0) is 16.1 Å². The first kappa shape index (κ1) is 19.1. The Hall–Kier alpha value is -3.28. The van der Waals surface area contributed by atoms with E-state index in [9.17, 15) is 9.59 Å². The highest BCUT2D eigenvalue weighted by Crippen LogP contribution is 2.30. The van der Waals surface area contributed by atoms with Crippen LogP contribution in [0.1, 0.15) is 31.4 Å². The Morgan fingerprint density at radius 3 is 2.31 bits per heavy atom. The summed E-state index contributed by atoms with van der Waals surface area (Å²) < 4.78 is 0. The van der Waals surface area contributed by atoms with Crippen LogP contribution in [-0.4, -0.2) is 21.8 Å². The van der Waals surface area contributed by atoms with Crippen molar-refractivity contribution >= 4 is 28.4 Å². The van der Waals surface area contributed by atoms with E-state index in [2.05, 4.69) is 20.6 Å². The minimum Gasteiger partial charge on any atom is -0.350 e. The zero-order valence-corrected chi connectivity index (χ0v) is 16.2. The molecular formula is C23H24N4O2. The number of hydrogen-bond donors (Lipinski definition) is 2. The van der Waals surface area contributed by atoms with Gasteiger partial charge in [0.2, 0.25) is 11.8 Å². The topological polar surface area (TPSA) is 84.0 Å². The van der Waals surface area contributed by atoms with Crippen LogP contribution < -0.4 is 10.6 Å². The highest BCUT2D eigenvalue weighted by molar-refractivity contribution is 6.01. The summed E-state index contributed by atoms with van der Waals surface area (Å²) in [6, 6.07) is 15.3. The van der Waals surface area contributed by atoms with Crippen molar-refractivity contribution < 1.29 is 9.59 Å². The molecule has 29 heavy (non-hydrogen) atoms. The largest absolute Gasteiger partial charge is 0.350 e. The molecule has 2 aromatic heterocycles. The van der Waals surface area contributed by atoms with Gasteiger partial charge in [0, 0.05) is 29.6 Å². The molecule has 0 aliphatic heterocycles. The summed E-state index contributed by atoms with van der Waals surface area (Å²) in [5.74, 6) is -0.0564. The van der Waals surface area contributed by atoms with Crippen molar-refractivity contribution in [1.82, 2.24) is 15.3 Å². The third kappa shape index (κ3) is 4.59. The van der Waals surface area contributed by atoms with E-state index in [0.29, 0.717) is 19.4 Å². The van der Waals surface area contributed by atoms with E-state index >= 15 is 0 Å². The Morgan fingerprint density at radius 1 is 0.828 bits per heavy atom. The molecule has 0 unspecified atom stereocenters. The summed E-state index contributed by atoms with van der Waals surface area (Å²) in [7, 11) is 0. The van der Waals surface area contributed by atoms with E-state index in [0.717, 1.165) is 35.1 Å². The number of aromatic nitrogens is 2. The molecule has 6 nitrogen and oxygen atoms in total. The van der Waals surface area contributed by atoms with Gasteiger partial charge in [0.15, 0.2) is 0 Å². The van der Waals surface area contributed by atoms with Crippen molar-refractivity contribution in [3.63, 3.8) is 0 Å². The summed E-state index contributed by atoms with van der Waals surface area (Å²) in [5, 5.41) is 7.00. The second-order valence-electron chi connectivity index (χ2n) is 7.46. The van der Waals surface area contributed by atoms with Gasteiger partial charge in [-0.1, -0.05) is 24.3 Å². The number of fused-ring (bicyclic) bond motifs is 1. The third-order valence-corrected chi connectivity index (χ3v) is 5.53. The highest BCUT2D eigenvalue weighted by Gasteiger charge is 2.30. The summed E-state index contributed by atoms with van der Waals surface area (Å²) in [6.07, 6.45) is 6.32. The molecule has 6 heteroatoms. The van der Waals surface area contributed by atoms with Gasteiger partial charge >= 0.3 is 0 Å². The van der Waals surface area contributed by atoms with Gasteiger partial charge in [-0.15, -0.1) is 0 Å². The summed E-state index contributed by atoms with van der Waals surface area (Å²) in [6.45, 7) is 0.439. The van der Waals surface area contributed by atoms with Gasteiger partial charge in [-0.3, -0.25) is 19.6 Å². The van der Waals surface area contributed by atoms with Crippen molar-refractivity contribution in [2.24, 2.45) is 11.8 Å². The Balaban J connectivity index is 1.30. The van der Waals surface area contributed by atoms with E-state index in [1.807, 2.05) is 48.5 Å².